The predicted octanol–water partition coefficient (Wildman–Crippen LogP) is 3.97. The summed E-state index contributed by atoms with van der Waals surface area (Å²) in [5.74, 6) is -0.557. The number of carbonyl (C=O) groups excluding carboxylic acids is 1. The van der Waals surface area contributed by atoms with E-state index in [1.54, 1.807) is 24.1 Å². The minimum absolute atomic E-state index is 0.0758. The highest BCUT2D eigenvalue weighted by Crippen LogP contribution is 2.22. The van der Waals surface area contributed by atoms with Gasteiger partial charge in [-0.15, -0.1) is 0 Å². The Morgan fingerprint density at radius 3 is 2.52 bits per heavy atom. The molecule has 0 spiro atoms. The van der Waals surface area contributed by atoms with Crippen molar-refractivity contribution in [1.29, 1.82) is 0 Å². The molecule has 110 valence electrons. The van der Waals surface area contributed by atoms with Gasteiger partial charge in [-0.25, -0.2) is 4.39 Å². The number of aryl methyl sites for hydroxylation is 1. The van der Waals surface area contributed by atoms with Crippen molar-refractivity contribution in [1.82, 2.24) is 0 Å². The SMILES string of the molecule is Cc1ccc(NC(=O)CN(C)c2ccc(Br)cc2F)cc1. The number of hydrogen-bond acceptors (Lipinski definition) is 2. The minimum atomic E-state index is -0.366. The number of benzene rings is 2. The third-order valence-corrected chi connectivity index (χ3v) is 3.53. The molecule has 0 radical (unpaired) electrons. The van der Waals surface area contributed by atoms with Crippen LogP contribution in [0.4, 0.5) is 15.8 Å². The molecule has 0 aliphatic rings. The van der Waals surface area contributed by atoms with E-state index in [1.807, 2.05) is 31.2 Å². The third-order valence-electron chi connectivity index (χ3n) is 3.04. The number of amides is 1. The van der Waals surface area contributed by atoms with Gasteiger partial charge in [0.2, 0.25) is 5.91 Å². The molecular weight excluding hydrogens is 335 g/mol. The van der Waals surface area contributed by atoms with Gasteiger partial charge >= 0.3 is 0 Å². The molecule has 0 aromatic heterocycles. The standard InChI is InChI=1S/C16H16BrFN2O/c1-11-3-6-13(7-4-11)19-16(21)10-20(2)15-8-5-12(17)9-14(15)18/h3-9H,10H2,1-2H3,(H,19,21). The van der Waals surface area contributed by atoms with E-state index in [9.17, 15) is 9.18 Å². The molecule has 0 unspecified atom stereocenters. The van der Waals surface area contributed by atoms with Crippen molar-refractivity contribution in [2.45, 2.75) is 6.92 Å². The lowest BCUT2D eigenvalue weighted by atomic mass is 10.2. The number of nitrogens with zero attached hydrogens (tertiary/aromatic N) is 1. The summed E-state index contributed by atoms with van der Waals surface area (Å²) in [5.41, 5.74) is 2.24. The molecule has 0 saturated carbocycles. The number of carbonyl (C=O) groups is 1. The van der Waals surface area contributed by atoms with E-state index >= 15 is 0 Å². The second-order valence-electron chi connectivity index (χ2n) is 4.87. The molecule has 0 aliphatic carbocycles. The normalized spacial score (nSPS) is 10.3. The van der Waals surface area contributed by atoms with Crippen LogP contribution in [-0.2, 0) is 4.79 Å². The topological polar surface area (TPSA) is 32.3 Å². The van der Waals surface area contributed by atoms with E-state index in [2.05, 4.69) is 21.2 Å². The fourth-order valence-corrected chi connectivity index (χ4v) is 2.26. The zero-order valence-corrected chi connectivity index (χ0v) is 13.4. The van der Waals surface area contributed by atoms with Gasteiger partial charge in [0.1, 0.15) is 5.82 Å². The predicted molar refractivity (Wildman–Crippen MR) is 87.2 cm³/mol. The zero-order chi connectivity index (χ0) is 15.4. The molecule has 0 saturated heterocycles. The van der Waals surface area contributed by atoms with Crippen molar-refractivity contribution in [3.8, 4) is 0 Å². The van der Waals surface area contributed by atoms with Gasteiger partial charge in [0.15, 0.2) is 0 Å². The molecule has 2 rings (SSSR count). The molecule has 1 amide bonds. The average Bonchev–Trinajstić information content (AvgIpc) is 2.41. The Labute approximate surface area is 131 Å². The molecular formula is C16H16BrFN2O. The molecule has 1 N–H and O–H groups in total. The molecule has 2 aromatic carbocycles. The maximum Gasteiger partial charge on any atom is 0.243 e. The van der Waals surface area contributed by atoms with Crippen molar-refractivity contribution in [2.75, 3.05) is 23.8 Å². The van der Waals surface area contributed by atoms with E-state index in [1.165, 1.54) is 6.07 Å². The molecule has 0 fully saturated rings. The maximum absolute atomic E-state index is 13.8. The lowest BCUT2D eigenvalue weighted by Crippen LogP contribution is -2.30. The van der Waals surface area contributed by atoms with Crippen molar-refractivity contribution in [2.24, 2.45) is 0 Å². The Morgan fingerprint density at radius 1 is 1.24 bits per heavy atom. The Balaban J connectivity index is 2.00. The Bertz CT molecular complexity index is 643. The lowest BCUT2D eigenvalue weighted by molar-refractivity contribution is -0.114. The first-order valence-corrected chi connectivity index (χ1v) is 7.28. The highest BCUT2D eigenvalue weighted by atomic mass is 79.9. The van der Waals surface area contributed by atoms with Crippen LogP contribution in [0.1, 0.15) is 5.56 Å². The minimum Gasteiger partial charge on any atom is -0.363 e. The third kappa shape index (κ3) is 4.29. The first-order chi connectivity index (χ1) is 9.95. The van der Waals surface area contributed by atoms with E-state index in [4.69, 9.17) is 0 Å². The van der Waals surface area contributed by atoms with Crippen molar-refractivity contribution in [3.05, 3.63) is 58.3 Å². The first-order valence-electron chi connectivity index (χ1n) is 6.48. The van der Waals surface area contributed by atoms with Gasteiger partial charge in [-0.05, 0) is 37.3 Å². The van der Waals surface area contributed by atoms with E-state index in [0.29, 0.717) is 10.2 Å². The summed E-state index contributed by atoms with van der Waals surface area (Å²) in [6.07, 6.45) is 0. The Kier molecular flexibility index (Phi) is 4.96. The van der Waals surface area contributed by atoms with Crippen LogP contribution in [0.3, 0.4) is 0 Å². The number of nitrogens with one attached hydrogen (secondary N) is 1. The highest BCUT2D eigenvalue weighted by molar-refractivity contribution is 9.10. The van der Waals surface area contributed by atoms with Crippen LogP contribution in [0.2, 0.25) is 0 Å². The van der Waals surface area contributed by atoms with Gasteiger partial charge < -0.3 is 10.2 Å². The average molecular weight is 351 g/mol. The lowest BCUT2D eigenvalue weighted by Gasteiger charge is -2.19. The Morgan fingerprint density at radius 2 is 1.90 bits per heavy atom. The molecule has 0 atom stereocenters. The number of halogens is 2. The first kappa shape index (κ1) is 15.5. The van der Waals surface area contributed by atoms with Crippen molar-refractivity contribution >= 4 is 33.2 Å². The summed E-state index contributed by atoms with van der Waals surface area (Å²) in [4.78, 5) is 13.5. The van der Waals surface area contributed by atoms with Gasteiger partial charge in [0.05, 0.1) is 12.2 Å². The van der Waals surface area contributed by atoms with Crippen molar-refractivity contribution < 1.29 is 9.18 Å². The summed E-state index contributed by atoms with van der Waals surface area (Å²) in [6.45, 7) is 2.06. The van der Waals surface area contributed by atoms with Crippen LogP contribution in [0, 0.1) is 12.7 Å². The van der Waals surface area contributed by atoms with E-state index in [0.717, 1.165) is 11.3 Å². The van der Waals surface area contributed by atoms with Gasteiger partial charge in [-0.3, -0.25) is 4.79 Å². The van der Waals surface area contributed by atoms with Crippen LogP contribution < -0.4 is 10.2 Å². The second-order valence-corrected chi connectivity index (χ2v) is 5.78. The van der Waals surface area contributed by atoms with Gasteiger partial charge in [-0.2, -0.15) is 0 Å². The molecule has 21 heavy (non-hydrogen) atoms. The molecule has 0 heterocycles. The smallest absolute Gasteiger partial charge is 0.243 e. The summed E-state index contributed by atoms with van der Waals surface area (Å²) in [5, 5.41) is 2.79. The Hall–Kier alpha value is -1.88. The van der Waals surface area contributed by atoms with Crippen LogP contribution >= 0.6 is 15.9 Å². The molecule has 0 aliphatic heterocycles. The summed E-state index contributed by atoms with van der Waals surface area (Å²) in [7, 11) is 1.68. The van der Waals surface area contributed by atoms with Crippen LogP contribution in [0.5, 0.6) is 0 Å². The summed E-state index contributed by atoms with van der Waals surface area (Å²) >= 11 is 3.21. The monoisotopic (exact) mass is 350 g/mol. The van der Waals surface area contributed by atoms with Gasteiger partial charge in [0.25, 0.3) is 0 Å². The maximum atomic E-state index is 13.8. The van der Waals surface area contributed by atoms with Crippen LogP contribution in [0.15, 0.2) is 46.9 Å². The largest absolute Gasteiger partial charge is 0.363 e. The summed E-state index contributed by atoms with van der Waals surface area (Å²) in [6, 6.07) is 12.3. The number of hydrogen-bond donors (Lipinski definition) is 1. The quantitative estimate of drug-likeness (QED) is 0.904. The number of likely N-dealkylation sites (N-methyl/N-ethyl adjacent to an activating group) is 1. The van der Waals surface area contributed by atoms with Crippen LogP contribution in [-0.4, -0.2) is 19.5 Å². The summed E-state index contributed by atoms with van der Waals surface area (Å²) < 4.78 is 14.5. The molecule has 5 heteroatoms. The fourth-order valence-electron chi connectivity index (χ4n) is 1.93. The van der Waals surface area contributed by atoms with Crippen LogP contribution in [0.25, 0.3) is 0 Å². The second kappa shape index (κ2) is 6.72. The molecule has 0 bridgehead atoms. The zero-order valence-electron chi connectivity index (χ0n) is 11.9. The van der Waals surface area contributed by atoms with Gasteiger partial charge in [-0.1, -0.05) is 33.6 Å². The highest BCUT2D eigenvalue weighted by Gasteiger charge is 2.12. The van der Waals surface area contributed by atoms with E-state index < -0.39 is 0 Å². The van der Waals surface area contributed by atoms with E-state index in [-0.39, 0.29) is 18.3 Å². The molecule has 2 aromatic rings. The number of anilines is 2. The molecule has 3 nitrogen and oxygen atoms in total. The fraction of sp³-hybridized carbons (Fsp3) is 0.188. The van der Waals surface area contributed by atoms with Crippen molar-refractivity contribution in [3.63, 3.8) is 0 Å². The number of rotatable bonds is 4. The van der Waals surface area contributed by atoms with Gasteiger partial charge in [0, 0.05) is 17.2 Å².